The molecule has 0 bridgehead atoms. The molecule has 0 saturated carbocycles. The maximum Gasteiger partial charge on any atom is 0.222 e. The number of halogens is 1. The second kappa shape index (κ2) is 5.97. The first-order valence-corrected chi connectivity index (χ1v) is 6.80. The first kappa shape index (κ1) is 13.7. The Bertz CT molecular complexity index is 534. The van der Waals surface area contributed by atoms with Crippen molar-refractivity contribution in [3.8, 4) is 0 Å². The zero-order valence-electron chi connectivity index (χ0n) is 10.1. The minimum absolute atomic E-state index is 0. The molecule has 5 heteroatoms. The van der Waals surface area contributed by atoms with Crippen LogP contribution in [0, 0.1) is 0 Å². The Balaban J connectivity index is 0.00000120. The summed E-state index contributed by atoms with van der Waals surface area (Å²) in [6.07, 6.45) is 2.04. The topological polar surface area (TPSA) is 29.3 Å². The highest BCUT2D eigenvalue weighted by Crippen LogP contribution is 2.29. The Morgan fingerprint density at radius 3 is 3.06 bits per heavy atom. The molecule has 1 aliphatic rings. The van der Waals surface area contributed by atoms with E-state index in [1.807, 2.05) is 42.1 Å². The van der Waals surface area contributed by atoms with E-state index >= 15 is 0 Å². The van der Waals surface area contributed by atoms with Crippen LogP contribution in [0.1, 0.15) is 12.8 Å². The molecule has 1 aromatic carbocycles. The molecule has 0 spiro atoms. The van der Waals surface area contributed by atoms with E-state index in [-0.39, 0.29) is 24.0 Å². The predicted octanol–water partition coefficient (Wildman–Crippen LogP) is 3.81. The second-order valence-electron chi connectivity index (χ2n) is 3.93. The van der Waals surface area contributed by atoms with Gasteiger partial charge < -0.3 is 9.32 Å². The maximum absolute atomic E-state index is 5.70. The molecule has 0 aliphatic carbocycles. The van der Waals surface area contributed by atoms with Gasteiger partial charge in [-0.25, -0.2) is 4.98 Å². The highest BCUT2D eigenvalue weighted by molar-refractivity contribution is 14.0. The monoisotopic (exact) mass is 374 g/mol. The first-order chi connectivity index (χ1) is 8.36. The largest absolute Gasteiger partial charge is 0.437 e. The van der Waals surface area contributed by atoms with Crippen molar-refractivity contribution >= 4 is 52.9 Å². The molecule has 1 fully saturated rings. The number of benzene rings is 1. The Hall–Kier alpha value is -0.690. The van der Waals surface area contributed by atoms with Gasteiger partial charge in [0, 0.05) is 24.9 Å². The van der Waals surface area contributed by atoms with E-state index < -0.39 is 0 Å². The average Bonchev–Trinajstić information content (AvgIpc) is 2.94. The van der Waals surface area contributed by atoms with Crippen LogP contribution in [0.15, 0.2) is 33.7 Å². The lowest BCUT2D eigenvalue weighted by atomic mass is 10.3. The van der Waals surface area contributed by atoms with E-state index in [4.69, 9.17) is 4.42 Å². The highest BCUT2D eigenvalue weighted by atomic mass is 127. The number of fused-ring (bicyclic) bond motifs is 1. The molecule has 0 radical (unpaired) electrons. The predicted molar refractivity (Wildman–Crippen MR) is 87.1 cm³/mol. The van der Waals surface area contributed by atoms with Crippen molar-refractivity contribution < 1.29 is 4.42 Å². The van der Waals surface area contributed by atoms with Crippen molar-refractivity contribution in [2.24, 2.45) is 0 Å². The van der Waals surface area contributed by atoms with Gasteiger partial charge in [0.05, 0.1) is 5.03 Å². The third kappa shape index (κ3) is 2.66. The number of aromatic nitrogens is 1. The summed E-state index contributed by atoms with van der Waals surface area (Å²) in [6, 6.07) is 7.86. The molecular formula is C13H15IN2OS. The van der Waals surface area contributed by atoms with E-state index in [1.165, 1.54) is 5.03 Å². The SMILES string of the molecule is CCN1CCS/C1=C\c1nc2ccccc2o1.I. The van der Waals surface area contributed by atoms with Crippen molar-refractivity contribution in [1.82, 2.24) is 9.88 Å². The summed E-state index contributed by atoms with van der Waals surface area (Å²) in [5.41, 5.74) is 1.77. The molecule has 3 nitrogen and oxygen atoms in total. The molecule has 0 N–H and O–H groups in total. The fourth-order valence-corrected chi connectivity index (χ4v) is 3.07. The quantitative estimate of drug-likeness (QED) is 0.748. The molecule has 2 aromatic rings. The molecule has 0 unspecified atom stereocenters. The van der Waals surface area contributed by atoms with Crippen LogP contribution in [0.4, 0.5) is 0 Å². The van der Waals surface area contributed by atoms with Gasteiger partial charge in [0.25, 0.3) is 0 Å². The zero-order chi connectivity index (χ0) is 11.7. The molecule has 96 valence electrons. The van der Waals surface area contributed by atoms with Gasteiger partial charge in [-0.15, -0.1) is 35.7 Å². The number of thioether (sulfide) groups is 1. The fraction of sp³-hybridized carbons (Fsp3) is 0.308. The number of hydrogen-bond donors (Lipinski definition) is 0. The van der Waals surface area contributed by atoms with Crippen LogP contribution in [-0.2, 0) is 0 Å². The third-order valence-corrected chi connectivity index (χ3v) is 3.92. The number of hydrogen-bond acceptors (Lipinski definition) is 4. The van der Waals surface area contributed by atoms with Gasteiger partial charge in [-0.1, -0.05) is 12.1 Å². The van der Waals surface area contributed by atoms with Crippen LogP contribution in [0.2, 0.25) is 0 Å². The average molecular weight is 374 g/mol. The number of nitrogens with zero attached hydrogens (tertiary/aromatic N) is 2. The van der Waals surface area contributed by atoms with E-state index in [2.05, 4.69) is 16.8 Å². The van der Waals surface area contributed by atoms with Crippen LogP contribution in [0.5, 0.6) is 0 Å². The molecule has 1 aliphatic heterocycles. The van der Waals surface area contributed by atoms with Gasteiger partial charge in [-0.05, 0) is 19.1 Å². The summed E-state index contributed by atoms with van der Waals surface area (Å²) in [5.74, 6) is 1.86. The summed E-state index contributed by atoms with van der Waals surface area (Å²) in [6.45, 7) is 4.33. The summed E-state index contributed by atoms with van der Waals surface area (Å²) in [5, 5.41) is 1.26. The van der Waals surface area contributed by atoms with Crippen molar-refractivity contribution in [1.29, 1.82) is 0 Å². The third-order valence-electron chi connectivity index (χ3n) is 2.86. The lowest BCUT2D eigenvalue weighted by Gasteiger charge is -2.14. The maximum atomic E-state index is 5.70. The van der Waals surface area contributed by atoms with Gasteiger partial charge in [0.1, 0.15) is 5.52 Å². The number of rotatable bonds is 2. The Kier molecular flexibility index (Phi) is 4.55. The molecule has 1 saturated heterocycles. The van der Waals surface area contributed by atoms with Gasteiger partial charge in [0.2, 0.25) is 5.89 Å². The summed E-state index contributed by atoms with van der Waals surface area (Å²) < 4.78 is 5.70. The summed E-state index contributed by atoms with van der Waals surface area (Å²) in [4.78, 5) is 6.81. The van der Waals surface area contributed by atoms with Gasteiger partial charge >= 0.3 is 0 Å². The van der Waals surface area contributed by atoms with E-state index in [9.17, 15) is 0 Å². The van der Waals surface area contributed by atoms with Crippen LogP contribution < -0.4 is 0 Å². The minimum Gasteiger partial charge on any atom is -0.437 e. The van der Waals surface area contributed by atoms with Crippen molar-refractivity contribution in [2.75, 3.05) is 18.8 Å². The normalized spacial score (nSPS) is 17.4. The highest BCUT2D eigenvalue weighted by Gasteiger charge is 2.16. The standard InChI is InChI=1S/C13H14N2OS.HI/c1-2-15-7-8-17-13(15)9-12-14-10-5-3-4-6-11(10)16-12;/h3-6,9H,2,7-8H2,1H3;1H/b13-9-;. The molecule has 0 amide bonds. The number of oxazole rings is 1. The van der Waals surface area contributed by atoms with Crippen LogP contribution in [0.3, 0.4) is 0 Å². The Morgan fingerprint density at radius 2 is 2.28 bits per heavy atom. The smallest absolute Gasteiger partial charge is 0.222 e. The van der Waals surface area contributed by atoms with Crippen molar-refractivity contribution in [3.63, 3.8) is 0 Å². The Morgan fingerprint density at radius 1 is 1.44 bits per heavy atom. The molecule has 3 rings (SSSR count). The van der Waals surface area contributed by atoms with Crippen LogP contribution in [0.25, 0.3) is 17.2 Å². The lowest BCUT2D eigenvalue weighted by Crippen LogP contribution is -2.16. The first-order valence-electron chi connectivity index (χ1n) is 5.82. The van der Waals surface area contributed by atoms with Gasteiger partial charge in [-0.2, -0.15) is 0 Å². The molecule has 1 aromatic heterocycles. The fourth-order valence-electron chi connectivity index (χ4n) is 1.97. The van der Waals surface area contributed by atoms with Crippen LogP contribution >= 0.6 is 35.7 Å². The van der Waals surface area contributed by atoms with Gasteiger partial charge in [-0.3, -0.25) is 0 Å². The minimum atomic E-state index is 0. The van der Waals surface area contributed by atoms with Crippen molar-refractivity contribution in [2.45, 2.75) is 6.92 Å². The molecule has 2 heterocycles. The van der Waals surface area contributed by atoms with Crippen LogP contribution in [-0.4, -0.2) is 28.7 Å². The lowest BCUT2D eigenvalue weighted by molar-refractivity contribution is 0.427. The summed E-state index contributed by atoms with van der Waals surface area (Å²) >= 11 is 1.87. The Labute approximate surface area is 128 Å². The van der Waals surface area contributed by atoms with Gasteiger partial charge in [0.15, 0.2) is 5.58 Å². The summed E-state index contributed by atoms with van der Waals surface area (Å²) in [7, 11) is 0. The zero-order valence-corrected chi connectivity index (χ0v) is 13.3. The second-order valence-corrected chi connectivity index (χ2v) is 5.05. The number of para-hydroxylation sites is 2. The van der Waals surface area contributed by atoms with E-state index in [0.29, 0.717) is 5.89 Å². The van der Waals surface area contributed by atoms with E-state index in [0.717, 1.165) is 29.9 Å². The van der Waals surface area contributed by atoms with E-state index in [1.54, 1.807) is 0 Å². The van der Waals surface area contributed by atoms with Crippen molar-refractivity contribution in [3.05, 3.63) is 35.2 Å². The molecule has 0 atom stereocenters. The molecular weight excluding hydrogens is 359 g/mol. The molecule has 18 heavy (non-hydrogen) atoms.